The molecule has 0 amide bonds. The van der Waals surface area contributed by atoms with Gasteiger partial charge in [-0.1, -0.05) is 81.7 Å². The lowest BCUT2D eigenvalue weighted by molar-refractivity contribution is 0.304. The van der Waals surface area contributed by atoms with Gasteiger partial charge < -0.3 is 4.74 Å². The van der Waals surface area contributed by atoms with Gasteiger partial charge in [-0.05, 0) is 123 Å². The number of hydrogen-bond donors (Lipinski definition) is 0. The van der Waals surface area contributed by atoms with E-state index in [2.05, 4.69) is 86.4 Å². The van der Waals surface area contributed by atoms with Crippen molar-refractivity contribution in [2.45, 2.75) is 109 Å². The van der Waals surface area contributed by atoms with E-state index in [9.17, 15) is 0 Å². The summed E-state index contributed by atoms with van der Waals surface area (Å²) in [6.07, 6.45) is 21.5. The maximum Gasteiger partial charge on any atom is 0.119 e. The van der Waals surface area contributed by atoms with Gasteiger partial charge in [-0.25, -0.2) is 0 Å². The fraction of sp³-hybridized carbons (Fsp3) is 0.556. The molecule has 0 unspecified atom stereocenters. The van der Waals surface area contributed by atoms with Crippen LogP contribution in [0.15, 0.2) is 60.7 Å². The highest BCUT2D eigenvalue weighted by atomic mass is 16.5. The molecule has 37 heavy (non-hydrogen) atoms. The Morgan fingerprint density at radius 3 is 1.95 bits per heavy atom. The number of unbranched alkanes of at least 4 members (excludes halogenated alkanes) is 2. The highest BCUT2D eigenvalue weighted by Crippen LogP contribution is 2.38. The average molecular weight is 497 g/mol. The van der Waals surface area contributed by atoms with Gasteiger partial charge in [0.2, 0.25) is 0 Å². The van der Waals surface area contributed by atoms with Crippen molar-refractivity contribution in [3.8, 4) is 17.6 Å². The molecule has 0 radical (unpaired) electrons. The first kappa shape index (κ1) is 27.6. The summed E-state index contributed by atoms with van der Waals surface area (Å²) in [5.74, 6) is 10.7. The third kappa shape index (κ3) is 8.81. The van der Waals surface area contributed by atoms with Crippen LogP contribution in [0.1, 0.15) is 126 Å². The van der Waals surface area contributed by atoms with E-state index in [-0.39, 0.29) is 0 Å². The van der Waals surface area contributed by atoms with Crippen LogP contribution < -0.4 is 4.74 Å². The van der Waals surface area contributed by atoms with Crippen LogP contribution in [-0.2, 0) is 0 Å². The van der Waals surface area contributed by atoms with Gasteiger partial charge in [0.05, 0.1) is 6.61 Å². The third-order valence-electron chi connectivity index (χ3n) is 8.75. The Morgan fingerprint density at radius 1 is 0.730 bits per heavy atom. The molecule has 2 aromatic carbocycles. The van der Waals surface area contributed by atoms with E-state index < -0.39 is 0 Å². The van der Waals surface area contributed by atoms with Gasteiger partial charge in [0.1, 0.15) is 5.75 Å². The maximum absolute atomic E-state index is 5.82. The lowest BCUT2D eigenvalue weighted by Crippen LogP contribution is -2.13. The number of hydrogen-bond acceptors (Lipinski definition) is 1. The fourth-order valence-corrected chi connectivity index (χ4v) is 6.24. The maximum atomic E-state index is 5.82. The molecule has 0 bridgehead atoms. The van der Waals surface area contributed by atoms with Crippen molar-refractivity contribution < 1.29 is 4.74 Å². The monoisotopic (exact) mass is 496 g/mol. The van der Waals surface area contributed by atoms with Gasteiger partial charge in [-0.3, -0.25) is 0 Å². The van der Waals surface area contributed by atoms with E-state index in [0.29, 0.717) is 11.8 Å². The molecule has 2 saturated carbocycles. The first-order chi connectivity index (χ1) is 18.2. The summed E-state index contributed by atoms with van der Waals surface area (Å²) >= 11 is 0. The van der Waals surface area contributed by atoms with Gasteiger partial charge >= 0.3 is 0 Å². The van der Waals surface area contributed by atoms with Gasteiger partial charge in [0.25, 0.3) is 0 Å². The lowest BCUT2D eigenvalue weighted by atomic mass is 9.77. The van der Waals surface area contributed by atoms with Gasteiger partial charge in [0, 0.05) is 5.56 Å². The summed E-state index contributed by atoms with van der Waals surface area (Å²) < 4.78 is 5.82. The van der Waals surface area contributed by atoms with Gasteiger partial charge in [-0.15, -0.1) is 0 Å². The van der Waals surface area contributed by atoms with Gasteiger partial charge in [-0.2, -0.15) is 0 Å². The highest BCUT2D eigenvalue weighted by Gasteiger charge is 2.22. The number of rotatable bonds is 10. The summed E-state index contributed by atoms with van der Waals surface area (Å²) in [7, 11) is 0. The molecule has 2 fully saturated rings. The first-order valence-electron chi connectivity index (χ1n) is 15.3. The first-order valence-corrected chi connectivity index (χ1v) is 15.3. The van der Waals surface area contributed by atoms with Crippen LogP contribution in [0.4, 0.5) is 0 Å². The van der Waals surface area contributed by atoms with Crippen molar-refractivity contribution in [3.05, 3.63) is 77.4 Å². The van der Waals surface area contributed by atoms with Gasteiger partial charge in [0.15, 0.2) is 0 Å². The summed E-state index contributed by atoms with van der Waals surface area (Å²) in [4.78, 5) is 0. The molecule has 2 aliphatic rings. The molecule has 1 heteroatoms. The van der Waals surface area contributed by atoms with E-state index in [1.807, 2.05) is 0 Å². The third-order valence-corrected chi connectivity index (χ3v) is 8.75. The topological polar surface area (TPSA) is 9.23 Å². The molecule has 0 aromatic heterocycles. The van der Waals surface area contributed by atoms with Crippen molar-refractivity contribution in [1.82, 2.24) is 0 Å². The van der Waals surface area contributed by atoms with Crippen LogP contribution in [0, 0.1) is 23.7 Å². The van der Waals surface area contributed by atoms with Crippen LogP contribution in [0.5, 0.6) is 5.75 Å². The molecule has 2 aromatic rings. The molecule has 0 aliphatic heterocycles. The minimum absolute atomic E-state index is 0.664. The second kappa shape index (κ2) is 15.1. The summed E-state index contributed by atoms with van der Waals surface area (Å²) in [6, 6.07) is 18.0. The fourth-order valence-electron chi connectivity index (χ4n) is 6.24. The predicted molar refractivity (Wildman–Crippen MR) is 158 cm³/mol. The second-order valence-electron chi connectivity index (χ2n) is 11.5. The summed E-state index contributed by atoms with van der Waals surface area (Å²) in [5.41, 5.74) is 4.12. The van der Waals surface area contributed by atoms with Crippen molar-refractivity contribution in [1.29, 1.82) is 0 Å². The van der Waals surface area contributed by atoms with Crippen molar-refractivity contribution in [2.75, 3.05) is 6.61 Å². The Balaban J connectivity index is 1.18. The number of benzene rings is 2. The molecular formula is C36H48O. The molecule has 0 heterocycles. The summed E-state index contributed by atoms with van der Waals surface area (Å²) in [6.45, 7) is 5.33. The van der Waals surface area contributed by atoms with Crippen LogP contribution >= 0.6 is 0 Å². The minimum Gasteiger partial charge on any atom is -0.494 e. The zero-order valence-electron chi connectivity index (χ0n) is 23.4. The van der Waals surface area contributed by atoms with E-state index in [1.165, 1.54) is 88.2 Å². The SMILES string of the molecule is CCCCOc1ccc([C@H]2CC[C@H](/C=C/C#Cc3ccc([C@H]4CC[C@H](CCCC)CC4)cc3)CC2)cc1. The van der Waals surface area contributed by atoms with Crippen molar-refractivity contribution >= 4 is 0 Å². The smallest absolute Gasteiger partial charge is 0.119 e. The molecule has 1 nitrogen and oxygen atoms in total. The Hall–Kier alpha value is -2.46. The molecule has 198 valence electrons. The van der Waals surface area contributed by atoms with E-state index in [4.69, 9.17) is 4.74 Å². The largest absolute Gasteiger partial charge is 0.494 e. The molecule has 2 aliphatic carbocycles. The normalized spacial score (nSPS) is 23.9. The number of ether oxygens (including phenoxy) is 1. The van der Waals surface area contributed by atoms with Crippen molar-refractivity contribution in [3.63, 3.8) is 0 Å². The summed E-state index contributed by atoms with van der Waals surface area (Å²) in [5, 5.41) is 0. The second-order valence-corrected chi connectivity index (χ2v) is 11.5. The molecule has 0 atom stereocenters. The van der Waals surface area contributed by atoms with Crippen LogP contribution in [0.25, 0.3) is 0 Å². The Morgan fingerprint density at radius 2 is 1.32 bits per heavy atom. The lowest BCUT2D eigenvalue weighted by Gasteiger charge is -2.28. The number of allylic oxidation sites excluding steroid dienone is 2. The molecule has 0 N–H and O–H groups in total. The molecule has 4 rings (SSSR count). The minimum atomic E-state index is 0.664. The zero-order valence-corrected chi connectivity index (χ0v) is 23.4. The van der Waals surface area contributed by atoms with Crippen LogP contribution in [-0.4, -0.2) is 6.61 Å². The van der Waals surface area contributed by atoms with E-state index >= 15 is 0 Å². The van der Waals surface area contributed by atoms with Crippen LogP contribution in [0.2, 0.25) is 0 Å². The average Bonchev–Trinajstić information content (AvgIpc) is 2.96. The Kier molecular flexibility index (Phi) is 11.2. The van der Waals surface area contributed by atoms with Crippen molar-refractivity contribution in [2.24, 2.45) is 11.8 Å². The van der Waals surface area contributed by atoms with E-state index in [1.54, 1.807) is 0 Å². The van der Waals surface area contributed by atoms with E-state index in [0.717, 1.165) is 36.2 Å². The standard InChI is InChI=1S/C36H48O/c1-3-5-9-29-12-18-32(19-13-29)33-20-14-30(15-21-33)10-7-8-11-31-16-22-34(23-17-31)35-24-26-36(27-25-35)37-28-6-4-2/h8,11,14-15,20-21,24-27,29,31-32,34H,3-6,9,12-13,16-19,22-23,28H2,1-2H3/b11-8+/t29-,31-,32-,34-. The highest BCUT2D eigenvalue weighted by molar-refractivity contribution is 5.39. The van der Waals surface area contributed by atoms with Crippen LogP contribution in [0.3, 0.4) is 0 Å². The molecule has 0 saturated heterocycles. The predicted octanol–water partition coefficient (Wildman–Crippen LogP) is 10.2. The molecular weight excluding hydrogens is 448 g/mol. The quantitative estimate of drug-likeness (QED) is 0.235. The Labute approximate surface area is 227 Å². The Bertz CT molecular complexity index is 987. The molecule has 0 spiro atoms. The zero-order chi connectivity index (χ0) is 25.7.